The molecule has 0 aliphatic carbocycles. The molecule has 2 aromatic heterocycles. The van der Waals surface area contributed by atoms with Crippen LogP contribution in [-0.4, -0.2) is 41.1 Å². The third kappa shape index (κ3) is 3.62. The van der Waals surface area contributed by atoms with Crippen LogP contribution in [0.5, 0.6) is 0 Å². The van der Waals surface area contributed by atoms with Crippen LogP contribution >= 0.6 is 0 Å². The third-order valence-corrected chi connectivity index (χ3v) is 13.0. The van der Waals surface area contributed by atoms with E-state index in [1.54, 1.807) is 0 Å². The molecule has 0 amide bonds. The summed E-state index contributed by atoms with van der Waals surface area (Å²) >= 11 is -3.20. The van der Waals surface area contributed by atoms with E-state index in [-0.39, 0.29) is 10.8 Å². The fourth-order valence-electron chi connectivity index (χ4n) is 4.37. The molecule has 27 heavy (non-hydrogen) atoms. The number of aryl methyl sites for hydroxylation is 2. The molecule has 4 nitrogen and oxygen atoms in total. The van der Waals surface area contributed by atoms with Crippen molar-refractivity contribution in [3.63, 3.8) is 0 Å². The summed E-state index contributed by atoms with van der Waals surface area (Å²) in [5.74, 6) is 0. The van der Waals surface area contributed by atoms with Crippen LogP contribution < -0.4 is 0 Å². The minimum atomic E-state index is -3.20. The molecule has 0 aliphatic rings. The quantitative estimate of drug-likeness (QED) is 0.674. The van der Waals surface area contributed by atoms with Crippen LogP contribution in [-0.2, 0) is 28.4 Å². The summed E-state index contributed by atoms with van der Waals surface area (Å²) in [6.07, 6.45) is 0. The zero-order chi connectivity index (χ0) is 20.9. The van der Waals surface area contributed by atoms with Crippen molar-refractivity contribution in [2.45, 2.75) is 66.2 Å². The Labute approximate surface area is 171 Å². The zero-order valence-electron chi connectivity index (χ0n) is 19.6. The first kappa shape index (κ1) is 22.5. The topological polar surface area (TPSA) is 16.3 Å². The molecule has 0 N–H and O–H groups in total. The van der Waals surface area contributed by atoms with Crippen molar-refractivity contribution in [3.05, 3.63) is 47.0 Å². The van der Waals surface area contributed by atoms with Crippen LogP contribution in [0.2, 0.25) is 0 Å². The molecule has 0 radical (unpaired) electrons. The molecule has 0 unspecified atom stereocenters. The van der Waals surface area contributed by atoms with Crippen molar-refractivity contribution in [2.75, 3.05) is 28.2 Å². The summed E-state index contributed by atoms with van der Waals surface area (Å²) in [7, 11) is 9.05. The monoisotopic (exact) mass is 408 g/mol. The van der Waals surface area contributed by atoms with Gasteiger partial charge in [-0.2, -0.15) is 0 Å². The first-order valence-corrected chi connectivity index (χ1v) is 12.7. The predicted octanol–water partition coefficient (Wildman–Crippen LogP) is 4.83. The normalized spacial score (nSPS) is 13.9. The number of hydrogen-bond donors (Lipinski definition) is 0. The van der Waals surface area contributed by atoms with Gasteiger partial charge in [0.2, 0.25) is 0 Å². The molecule has 0 fully saturated rings. The fraction of sp³-hybridized carbons (Fsp3) is 0.636. The van der Waals surface area contributed by atoms with Gasteiger partial charge in [0.1, 0.15) is 0 Å². The maximum absolute atomic E-state index is 3.20. The van der Waals surface area contributed by atoms with Gasteiger partial charge in [-0.15, -0.1) is 0 Å². The van der Waals surface area contributed by atoms with E-state index in [1.165, 1.54) is 22.8 Å². The summed E-state index contributed by atoms with van der Waals surface area (Å²) in [4.78, 5) is 0. The van der Waals surface area contributed by atoms with E-state index in [4.69, 9.17) is 0 Å². The van der Waals surface area contributed by atoms with E-state index in [1.807, 2.05) is 0 Å². The Morgan fingerprint density at radius 3 is 1.22 bits per heavy atom. The molecular formula is C22H40N4Ti. The Morgan fingerprint density at radius 1 is 0.630 bits per heavy atom. The molecule has 0 saturated heterocycles. The number of nitrogens with zero attached hydrogens (tertiary/aromatic N) is 4. The van der Waals surface area contributed by atoms with Gasteiger partial charge in [-0.25, -0.2) is 0 Å². The van der Waals surface area contributed by atoms with E-state index in [0.29, 0.717) is 0 Å². The summed E-state index contributed by atoms with van der Waals surface area (Å²) in [5.41, 5.74) is 5.65. The summed E-state index contributed by atoms with van der Waals surface area (Å²) < 4.78 is 10.4. The molecule has 2 rings (SSSR count). The zero-order valence-corrected chi connectivity index (χ0v) is 21.2. The molecular weight excluding hydrogens is 368 g/mol. The summed E-state index contributed by atoms with van der Waals surface area (Å²) in [5, 5.41) is 0. The van der Waals surface area contributed by atoms with Gasteiger partial charge in [-0.3, -0.25) is 0 Å². The second-order valence-corrected chi connectivity index (χ2v) is 16.3. The van der Waals surface area contributed by atoms with Crippen molar-refractivity contribution >= 4 is 0 Å². The molecule has 0 aromatic carbocycles. The van der Waals surface area contributed by atoms with Gasteiger partial charge in [0, 0.05) is 0 Å². The summed E-state index contributed by atoms with van der Waals surface area (Å²) in [6.45, 7) is 18.5. The van der Waals surface area contributed by atoms with Crippen LogP contribution in [0.3, 0.4) is 0 Å². The van der Waals surface area contributed by atoms with Crippen LogP contribution in [0, 0.1) is 13.8 Å². The number of aromatic nitrogens is 2. The van der Waals surface area contributed by atoms with E-state index in [0.717, 1.165) is 0 Å². The van der Waals surface area contributed by atoms with E-state index >= 15 is 0 Å². The standard InChI is InChI=1S/C12H20N.C6H8N.2C2H6N.Ti/c1-11(2,3)9-7-8-10(13-9)12(4,5)6;1-5-3-4-6(2)7-5;2*1-3-2;/h7-8H,1-6H3;3-4H,1-2H3;2*1-2H3;/q4*-1;+4. The van der Waals surface area contributed by atoms with Crippen molar-refractivity contribution in [1.29, 1.82) is 0 Å². The average Bonchev–Trinajstić information content (AvgIpc) is 3.05. The predicted molar refractivity (Wildman–Crippen MR) is 114 cm³/mol. The van der Waals surface area contributed by atoms with Gasteiger partial charge < -0.3 is 0 Å². The van der Waals surface area contributed by atoms with Gasteiger partial charge in [-0.1, -0.05) is 0 Å². The van der Waals surface area contributed by atoms with Crippen LogP contribution in [0.15, 0.2) is 24.3 Å². The van der Waals surface area contributed by atoms with E-state index in [2.05, 4.69) is 121 Å². The van der Waals surface area contributed by atoms with Crippen molar-refractivity contribution < 1.29 is 17.6 Å². The summed E-state index contributed by atoms with van der Waals surface area (Å²) in [6, 6.07) is 9.25. The van der Waals surface area contributed by atoms with Crippen LogP contribution in [0.25, 0.3) is 0 Å². The van der Waals surface area contributed by atoms with Gasteiger partial charge in [-0.05, 0) is 0 Å². The SMILES string of the molecule is Cc1ccc(C)[n]1[Ti]([N](C)C)([N](C)C)[n]1c(C(C)(C)C)ccc1C(C)(C)C. The minimum absolute atomic E-state index is 0.0704. The molecule has 0 atom stereocenters. The first-order valence-electron chi connectivity index (χ1n) is 9.90. The molecule has 5 heteroatoms. The van der Waals surface area contributed by atoms with Crippen molar-refractivity contribution in [3.8, 4) is 0 Å². The Kier molecular flexibility index (Phi) is 6.01. The Hall–Kier alpha value is -0.806. The van der Waals surface area contributed by atoms with Crippen LogP contribution in [0.1, 0.15) is 64.3 Å². The molecule has 0 aliphatic heterocycles. The van der Waals surface area contributed by atoms with Crippen LogP contribution in [0.4, 0.5) is 0 Å². The fourth-order valence-corrected chi connectivity index (χ4v) is 12.4. The Bertz CT molecular complexity index is 738. The molecule has 0 spiro atoms. The maximum atomic E-state index is 2.75. The van der Waals surface area contributed by atoms with Gasteiger partial charge in [0.05, 0.1) is 0 Å². The van der Waals surface area contributed by atoms with Crippen molar-refractivity contribution in [1.82, 2.24) is 12.9 Å². The van der Waals surface area contributed by atoms with E-state index in [9.17, 15) is 0 Å². The average molecular weight is 408 g/mol. The molecule has 0 bridgehead atoms. The molecule has 2 aromatic rings. The molecule has 152 valence electrons. The number of rotatable bonds is 4. The molecule has 2 heterocycles. The second-order valence-electron chi connectivity index (χ2n) is 10.3. The van der Waals surface area contributed by atoms with Gasteiger partial charge in [0.15, 0.2) is 0 Å². The molecule has 0 saturated carbocycles. The first-order chi connectivity index (χ1) is 12.2. The second kappa shape index (κ2) is 7.22. The number of hydrogen-bond acceptors (Lipinski definition) is 2. The van der Waals surface area contributed by atoms with Crippen molar-refractivity contribution in [2.24, 2.45) is 0 Å². The van der Waals surface area contributed by atoms with E-state index < -0.39 is 17.6 Å². The van der Waals surface area contributed by atoms with Gasteiger partial charge in [0.25, 0.3) is 0 Å². The Morgan fingerprint density at radius 2 is 0.963 bits per heavy atom. The Balaban J connectivity index is 3.09. The van der Waals surface area contributed by atoms with Gasteiger partial charge >= 0.3 is 172 Å². The third-order valence-electron chi connectivity index (χ3n) is 5.49.